The summed E-state index contributed by atoms with van der Waals surface area (Å²) < 4.78 is 0. The van der Waals surface area contributed by atoms with E-state index in [0.717, 1.165) is 30.6 Å². The fourth-order valence-corrected chi connectivity index (χ4v) is 6.48. The quantitative estimate of drug-likeness (QED) is 0.0507. The summed E-state index contributed by atoms with van der Waals surface area (Å²) >= 11 is 0. The van der Waals surface area contributed by atoms with E-state index in [0.29, 0.717) is 0 Å². The molecule has 0 saturated heterocycles. The van der Waals surface area contributed by atoms with Gasteiger partial charge in [-0.25, -0.2) is 0 Å². The van der Waals surface area contributed by atoms with E-state index < -0.39 is 0 Å². The first-order valence-corrected chi connectivity index (χ1v) is 20.0. The molecule has 268 valence electrons. The van der Waals surface area contributed by atoms with Gasteiger partial charge in [-0.3, -0.25) is 9.98 Å². The van der Waals surface area contributed by atoms with E-state index in [-0.39, 0.29) is 16.5 Å². The number of nitrogens with zero attached hydrogens (tertiary/aromatic N) is 2. The molecule has 0 atom stereocenters. The summed E-state index contributed by atoms with van der Waals surface area (Å²) in [6, 6.07) is 14.2. The largest absolute Gasteiger partial charge is 0.252 e. The molecule has 0 amide bonds. The van der Waals surface area contributed by atoms with Crippen LogP contribution in [-0.4, -0.2) is 11.4 Å². The molecular formula is C44H72N2Ni. The number of benzene rings is 2. The van der Waals surface area contributed by atoms with Crippen LogP contribution in [0.3, 0.4) is 0 Å². The molecule has 0 aromatic heterocycles. The zero-order chi connectivity index (χ0) is 33.2. The number of unbranched alkanes of at least 4 members (excludes halogenated alkanes) is 12. The van der Waals surface area contributed by atoms with Crippen LogP contribution < -0.4 is 0 Å². The molecule has 0 heterocycles. The Morgan fingerprint density at radius 3 is 1.11 bits per heavy atom. The summed E-state index contributed by atoms with van der Waals surface area (Å²) in [6.07, 6.45) is 29.5. The molecule has 0 N–H and O–H groups in total. The Morgan fingerprint density at radius 1 is 0.383 bits per heavy atom. The monoisotopic (exact) mass is 687 g/mol. The summed E-state index contributed by atoms with van der Waals surface area (Å²) in [6.45, 7) is 13.8. The number of hydrogen-bond acceptors (Lipinski definition) is 2. The van der Waals surface area contributed by atoms with Crippen LogP contribution in [0.4, 0.5) is 11.4 Å². The first-order chi connectivity index (χ1) is 22.6. The third-order valence-electron chi connectivity index (χ3n) is 9.47. The predicted octanol–water partition coefficient (Wildman–Crippen LogP) is 14.6. The second kappa shape index (κ2) is 28.1. The van der Waals surface area contributed by atoms with Crippen LogP contribution in [0, 0.1) is 0 Å². The van der Waals surface area contributed by atoms with Crippen molar-refractivity contribution >= 4 is 22.8 Å². The third kappa shape index (κ3) is 18.0. The van der Waals surface area contributed by atoms with E-state index in [9.17, 15) is 0 Å². The molecule has 0 aliphatic rings. The van der Waals surface area contributed by atoms with Crippen molar-refractivity contribution in [1.29, 1.82) is 0 Å². The van der Waals surface area contributed by atoms with Gasteiger partial charge in [0.05, 0.1) is 22.8 Å². The van der Waals surface area contributed by atoms with E-state index in [4.69, 9.17) is 9.98 Å². The van der Waals surface area contributed by atoms with Gasteiger partial charge in [-0.2, -0.15) is 0 Å². The van der Waals surface area contributed by atoms with Crippen molar-refractivity contribution in [2.45, 2.75) is 196 Å². The Morgan fingerprint density at radius 2 is 0.723 bits per heavy atom. The molecule has 0 aliphatic carbocycles. The smallest absolute Gasteiger partial charge is 0.0636 e. The molecule has 0 fully saturated rings. The molecule has 47 heavy (non-hydrogen) atoms. The molecule has 0 aliphatic heterocycles. The van der Waals surface area contributed by atoms with E-state index in [1.54, 1.807) is 11.1 Å². The molecule has 0 bridgehead atoms. The number of rotatable bonds is 27. The van der Waals surface area contributed by atoms with Gasteiger partial charge in [0, 0.05) is 16.5 Å². The zero-order valence-corrected chi connectivity index (χ0v) is 32.6. The Kier molecular flexibility index (Phi) is 25.9. The van der Waals surface area contributed by atoms with Crippen LogP contribution in [0.15, 0.2) is 46.4 Å². The molecule has 2 aromatic carbocycles. The van der Waals surface area contributed by atoms with Gasteiger partial charge in [-0.1, -0.05) is 131 Å². The van der Waals surface area contributed by atoms with Gasteiger partial charge in [-0.05, 0) is 124 Å². The minimum Gasteiger partial charge on any atom is -0.252 e. The molecule has 0 unspecified atom stereocenters. The SMILES string of the molecule is CCCCCCC(=Nc1ccc(CCCCC)c(CCCCC)c1)C(CCCC)=Nc1ccc(CCCCC)c(CCCCC)c1.[Ni]. The zero-order valence-electron chi connectivity index (χ0n) is 31.6. The number of aliphatic imine (C=N–C) groups is 2. The van der Waals surface area contributed by atoms with Crippen molar-refractivity contribution in [3.05, 3.63) is 58.7 Å². The average Bonchev–Trinajstić information content (AvgIpc) is 3.06. The van der Waals surface area contributed by atoms with Crippen molar-refractivity contribution in [2.75, 3.05) is 0 Å². The van der Waals surface area contributed by atoms with Crippen molar-refractivity contribution in [3.63, 3.8) is 0 Å². The maximum atomic E-state index is 5.47. The molecule has 3 heteroatoms. The van der Waals surface area contributed by atoms with Crippen LogP contribution in [0.1, 0.15) is 192 Å². The van der Waals surface area contributed by atoms with Crippen molar-refractivity contribution < 1.29 is 16.5 Å². The van der Waals surface area contributed by atoms with Crippen molar-refractivity contribution in [3.8, 4) is 0 Å². The molecule has 0 radical (unpaired) electrons. The maximum Gasteiger partial charge on any atom is 0.0636 e. The van der Waals surface area contributed by atoms with E-state index in [1.165, 1.54) is 157 Å². The molecule has 2 aromatic rings. The normalized spacial score (nSPS) is 12.0. The van der Waals surface area contributed by atoms with Gasteiger partial charge in [-0.15, -0.1) is 0 Å². The Bertz CT molecular complexity index is 1130. The molecule has 0 spiro atoms. The Balaban J connectivity index is 0.0000110. The standard InChI is InChI=1S/C44H72N2.Ni/c1-7-13-19-24-30-44(46-42-34-32-38(26-21-15-9-3)40(36-42)28-23-17-11-5)43(29-18-12-6)45-41-33-31-37(25-20-14-8-2)39(35-41)27-22-16-10-4;/h31-36H,7-30H2,1-6H3;. The van der Waals surface area contributed by atoms with Gasteiger partial charge in [0.25, 0.3) is 0 Å². The summed E-state index contributed by atoms with van der Waals surface area (Å²) in [5.74, 6) is 0. The number of aryl methyl sites for hydroxylation is 4. The number of hydrogen-bond donors (Lipinski definition) is 0. The van der Waals surface area contributed by atoms with Crippen LogP contribution in [0.5, 0.6) is 0 Å². The first-order valence-electron chi connectivity index (χ1n) is 20.0. The van der Waals surface area contributed by atoms with Crippen LogP contribution >= 0.6 is 0 Å². The molecule has 2 rings (SSSR count). The molecule has 2 nitrogen and oxygen atoms in total. The fraction of sp³-hybridized carbons (Fsp3) is 0.682. The Labute approximate surface area is 302 Å². The average molecular weight is 688 g/mol. The topological polar surface area (TPSA) is 24.7 Å². The van der Waals surface area contributed by atoms with Crippen molar-refractivity contribution in [1.82, 2.24) is 0 Å². The van der Waals surface area contributed by atoms with E-state index in [2.05, 4.69) is 77.9 Å². The van der Waals surface area contributed by atoms with Crippen molar-refractivity contribution in [2.24, 2.45) is 9.98 Å². The van der Waals surface area contributed by atoms with Gasteiger partial charge in [0.15, 0.2) is 0 Å². The predicted molar refractivity (Wildman–Crippen MR) is 208 cm³/mol. The van der Waals surface area contributed by atoms with E-state index in [1.807, 2.05) is 0 Å². The van der Waals surface area contributed by atoms with Gasteiger partial charge < -0.3 is 0 Å². The van der Waals surface area contributed by atoms with Gasteiger partial charge in [0.2, 0.25) is 0 Å². The van der Waals surface area contributed by atoms with Crippen LogP contribution in [0.25, 0.3) is 0 Å². The maximum absolute atomic E-state index is 5.47. The fourth-order valence-electron chi connectivity index (χ4n) is 6.48. The minimum atomic E-state index is 0. The Hall–Kier alpha value is -1.73. The van der Waals surface area contributed by atoms with Gasteiger partial charge in [0.1, 0.15) is 0 Å². The van der Waals surface area contributed by atoms with Crippen LogP contribution in [-0.2, 0) is 42.2 Å². The summed E-state index contributed by atoms with van der Waals surface area (Å²) in [5, 5.41) is 0. The van der Waals surface area contributed by atoms with Crippen LogP contribution in [0.2, 0.25) is 0 Å². The second-order valence-electron chi connectivity index (χ2n) is 13.8. The summed E-state index contributed by atoms with van der Waals surface area (Å²) in [7, 11) is 0. The summed E-state index contributed by atoms with van der Waals surface area (Å²) in [5.41, 5.74) is 10.8. The van der Waals surface area contributed by atoms with Gasteiger partial charge >= 0.3 is 0 Å². The third-order valence-corrected chi connectivity index (χ3v) is 9.47. The molecule has 0 saturated carbocycles. The minimum absolute atomic E-state index is 0. The first kappa shape index (κ1) is 43.3. The van der Waals surface area contributed by atoms with E-state index >= 15 is 0 Å². The molecular weight excluding hydrogens is 615 g/mol. The second-order valence-corrected chi connectivity index (χ2v) is 13.8. The summed E-state index contributed by atoms with van der Waals surface area (Å²) in [4.78, 5) is 10.9.